The average Bonchev–Trinajstić information content (AvgIpc) is 3.31. The highest BCUT2D eigenvalue weighted by Gasteiger charge is 2.72. The first kappa shape index (κ1) is 23.3. The quantitative estimate of drug-likeness (QED) is 0.159. The molecule has 2 atom stereocenters. The molecule has 1 fully saturated rings. The minimum absolute atomic E-state index is 0.212. The summed E-state index contributed by atoms with van der Waals surface area (Å²) in [5.41, 5.74) is -0.157. The number of methoxy groups -OCH3 is 1. The van der Waals surface area contributed by atoms with Gasteiger partial charge in [-0.25, -0.2) is 0 Å². The second-order valence-corrected chi connectivity index (χ2v) is 12.8. The van der Waals surface area contributed by atoms with E-state index in [0.29, 0.717) is 26.1 Å². The number of ether oxygens (including phenoxy) is 2. The Bertz CT molecular complexity index is 748. The maximum atomic E-state index is 12.7. The third-order valence-electron chi connectivity index (χ3n) is 4.93. The Kier molecular flexibility index (Phi) is 8.20. The fraction of sp³-hybridized carbons (Fsp3) is 0.458. The second kappa shape index (κ2) is 10.2. The van der Waals surface area contributed by atoms with Gasteiger partial charge in [-0.3, -0.25) is 4.79 Å². The molecule has 1 aliphatic rings. The zero-order chi connectivity index (χ0) is 21.4. The molecule has 0 amide bonds. The van der Waals surface area contributed by atoms with Crippen LogP contribution in [0.3, 0.4) is 0 Å². The first-order valence-electron chi connectivity index (χ1n) is 10.1. The van der Waals surface area contributed by atoms with Gasteiger partial charge in [0.25, 0.3) is 0 Å². The molecule has 0 spiro atoms. The molecule has 1 saturated carbocycles. The molecule has 5 heteroatoms. The van der Waals surface area contributed by atoms with Gasteiger partial charge in [0.15, 0.2) is 8.32 Å². The molecule has 0 saturated heterocycles. The average molecular weight is 415 g/mol. The van der Waals surface area contributed by atoms with Crippen LogP contribution < -0.4 is 0 Å². The molecule has 0 heterocycles. The van der Waals surface area contributed by atoms with Crippen LogP contribution in [0, 0.1) is 5.41 Å². The van der Waals surface area contributed by atoms with Crippen LogP contribution in [0.25, 0.3) is 0 Å². The summed E-state index contributed by atoms with van der Waals surface area (Å²) in [4.78, 5) is 12.7. The number of benzene rings is 1. The lowest BCUT2D eigenvalue weighted by Gasteiger charge is -2.28. The van der Waals surface area contributed by atoms with E-state index >= 15 is 0 Å². The number of hydrogen-bond acceptors (Lipinski definition) is 4. The van der Waals surface area contributed by atoms with E-state index in [0.717, 1.165) is 5.56 Å². The smallest absolute Gasteiger partial charge is 0.315 e. The Morgan fingerprint density at radius 3 is 2.48 bits per heavy atom. The Balaban J connectivity index is 2.11. The Hall–Kier alpha value is -1.95. The first-order valence-corrected chi connectivity index (χ1v) is 13.6. The molecule has 0 bridgehead atoms. The summed E-state index contributed by atoms with van der Waals surface area (Å²) >= 11 is 0. The molecule has 29 heavy (non-hydrogen) atoms. The summed E-state index contributed by atoms with van der Waals surface area (Å²) in [6, 6.07) is 10.1. The molecular formula is C24H34O4Si. The van der Waals surface area contributed by atoms with Crippen LogP contribution in [0.2, 0.25) is 19.6 Å². The number of carbonyl (C=O) groups is 1. The number of rotatable bonds is 11. The highest BCUT2D eigenvalue weighted by atomic mass is 28.4. The molecule has 0 radical (unpaired) electrons. The monoisotopic (exact) mass is 414 g/mol. The van der Waals surface area contributed by atoms with Crippen molar-refractivity contribution in [2.24, 2.45) is 5.41 Å². The summed E-state index contributed by atoms with van der Waals surface area (Å²) in [5, 5.41) is 0. The minimum atomic E-state index is -1.89. The molecule has 1 aromatic carbocycles. The Morgan fingerprint density at radius 2 is 1.86 bits per heavy atom. The van der Waals surface area contributed by atoms with Crippen LogP contribution >= 0.6 is 0 Å². The van der Waals surface area contributed by atoms with Gasteiger partial charge in [0.05, 0.1) is 25.9 Å². The van der Waals surface area contributed by atoms with Crippen molar-refractivity contribution >= 4 is 14.3 Å². The molecule has 1 aliphatic carbocycles. The van der Waals surface area contributed by atoms with Crippen molar-refractivity contribution in [2.75, 3.05) is 13.7 Å². The van der Waals surface area contributed by atoms with Crippen LogP contribution in [0.15, 0.2) is 66.8 Å². The van der Waals surface area contributed by atoms with E-state index in [1.165, 1.54) is 7.11 Å². The van der Waals surface area contributed by atoms with E-state index in [1.54, 1.807) is 0 Å². The van der Waals surface area contributed by atoms with Gasteiger partial charge in [-0.05, 0) is 45.0 Å². The van der Waals surface area contributed by atoms with E-state index in [9.17, 15) is 4.79 Å². The van der Waals surface area contributed by atoms with Crippen LogP contribution in [0.4, 0.5) is 0 Å². The van der Waals surface area contributed by atoms with Crippen molar-refractivity contribution in [3.05, 3.63) is 72.4 Å². The van der Waals surface area contributed by atoms with Crippen molar-refractivity contribution in [3.63, 3.8) is 0 Å². The molecule has 4 nitrogen and oxygen atoms in total. The predicted molar refractivity (Wildman–Crippen MR) is 120 cm³/mol. The second-order valence-electron chi connectivity index (χ2n) is 8.42. The third kappa shape index (κ3) is 6.26. The number of esters is 1. The molecule has 0 aliphatic heterocycles. The summed E-state index contributed by atoms with van der Waals surface area (Å²) in [7, 11) is -0.443. The largest absolute Gasteiger partial charge is 0.468 e. The van der Waals surface area contributed by atoms with E-state index in [-0.39, 0.29) is 5.97 Å². The minimum Gasteiger partial charge on any atom is -0.468 e. The van der Waals surface area contributed by atoms with Gasteiger partial charge >= 0.3 is 5.97 Å². The van der Waals surface area contributed by atoms with Crippen LogP contribution in [-0.4, -0.2) is 33.6 Å². The highest BCUT2D eigenvalue weighted by Crippen LogP contribution is 2.64. The highest BCUT2D eigenvalue weighted by molar-refractivity contribution is 6.69. The van der Waals surface area contributed by atoms with Gasteiger partial charge < -0.3 is 13.9 Å². The number of hydrogen-bond donors (Lipinski definition) is 0. The van der Waals surface area contributed by atoms with Crippen molar-refractivity contribution in [1.29, 1.82) is 0 Å². The lowest BCUT2D eigenvalue weighted by Crippen LogP contribution is -2.38. The van der Waals surface area contributed by atoms with E-state index in [2.05, 4.69) is 19.6 Å². The van der Waals surface area contributed by atoms with Gasteiger partial charge in [0.1, 0.15) is 5.41 Å². The van der Waals surface area contributed by atoms with Crippen molar-refractivity contribution < 1.29 is 18.7 Å². The third-order valence-corrected chi connectivity index (χ3v) is 5.91. The van der Waals surface area contributed by atoms with Crippen LogP contribution in [-0.2, 0) is 25.3 Å². The maximum absolute atomic E-state index is 12.7. The van der Waals surface area contributed by atoms with E-state index in [1.807, 2.05) is 73.7 Å². The number of carbonyl (C=O) groups excluding carboxylic acids is 1. The molecule has 0 unspecified atom stereocenters. The molecule has 158 valence electrons. The molecular weight excluding hydrogens is 380 g/mol. The van der Waals surface area contributed by atoms with E-state index < -0.39 is 19.3 Å². The summed E-state index contributed by atoms with van der Waals surface area (Å²) in [5.74, 6) is -0.212. The molecule has 2 rings (SSSR count). The van der Waals surface area contributed by atoms with Crippen molar-refractivity contribution in [2.45, 2.75) is 51.6 Å². The Labute approximate surface area is 176 Å². The normalized spacial score (nSPS) is 24.6. The van der Waals surface area contributed by atoms with Crippen molar-refractivity contribution in [1.82, 2.24) is 0 Å². The predicted octanol–water partition coefficient (Wildman–Crippen LogP) is 5.44. The Morgan fingerprint density at radius 1 is 1.14 bits per heavy atom. The number of allylic oxidation sites excluding steroid dienone is 4. The van der Waals surface area contributed by atoms with Gasteiger partial charge in [-0.2, -0.15) is 0 Å². The first-order chi connectivity index (χ1) is 13.8. The standard InChI is InChI=1S/C24H34O4Si/c1-6-7-8-12-16-23(22(25)26-2)20-24(23,28-29(3,4)5)17-13-18-27-19-21-14-10-9-11-15-21/h6-15,17H,16,18-20H2,1-5H3/b7-6+,12-8+,17-13+/t23-,24+/m1/s1. The zero-order valence-corrected chi connectivity index (χ0v) is 19.3. The summed E-state index contributed by atoms with van der Waals surface area (Å²) in [6.45, 7) is 9.42. The lowest BCUT2D eigenvalue weighted by molar-refractivity contribution is -0.149. The summed E-state index contributed by atoms with van der Waals surface area (Å²) < 4.78 is 17.5. The summed E-state index contributed by atoms with van der Waals surface area (Å²) in [6.07, 6.45) is 13.1. The molecule has 0 N–H and O–H groups in total. The van der Waals surface area contributed by atoms with Gasteiger partial charge in [-0.15, -0.1) is 0 Å². The van der Waals surface area contributed by atoms with Gasteiger partial charge in [0.2, 0.25) is 0 Å². The maximum Gasteiger partial charge on any atom is 0.315 e. The topological polar surface area (TPSA) is 44.8 Å². The molecule has 0 aromatic heterocycles. The molecule has 1 aromatic rings. The van der Waals surface area contributed by atoms with E-state index in [4.69, 9.17) is 13.9 Å². The SMILES string of the molecule is C/C=C/C=C/C[C@]1(C(=O)OC)C[C@]1(/C=C/COCc1ccccc1)O[Si](C)(C)C. The van der Waals surface area contributed by atoms with Gasteiger partial charge in [0, 0.05) is 0 Å². The lowest BCUT2D eigenvalue weighted by atomic mass is 9.96. The fourth-order valence-corrected chi connectivity index (χ4v) is 5.05. The zero-order valence-electron chi connectivity index (χ0n) is 18.3. The van der Waals surface area contributed by atoms with Crippen molar-refractivity contribution in [3.8, 4) is 0 Å². The fourth-order valence-electron chi connectivity index (χ4n) is 3.62. The van der Waals surface area contributed by atoms with Crippen LogP contribution in [0.5, 0.6) is 0 Å². The van der Waals surface area contributed by atoms with Crippen LogP contribution in [0.1, 0.15) is 25.3 Å². The van der Waals surface area contributed by atoms with Gasteiger partial charge in [-0.1, -0.05) is 66.8 Å².